The molecule has 0 saturated carbocycles. The normalized spacial score (nSPS) is 11.4. The van der Waals surface area contributed by atoms with Gasteiger partial charge in [-0.3, -0.25) is 0 Å². The summed E-state index contributed by atoms with van der Waals surface area (Å²) in [6.45, 7) is 0. The number of carboxylic acids is 1. The minimum Gasteiger partial charge on any atom is -0.477 e. The molecule has 0 spiro atoms. The number of nitrogens with zero attached hydrogens (tertiary/aromatic N) is 2. The van der Waals surface area contributed by atoms with E-state index in [0.717, 1.165) is 6.07 Å². The summed E-state index contributed by atoms with van der Waals surface area (Å²) in [6, 6.07) is 0.748. The number of halogens is 3. The van der Waals surface area contributed by atoms with Crippen LogP contribution in [0.3, 0.4) is 0 Å². The minimum atomic E-state index is -4.81. The average Bonchev–Trinajstić information content (AvgIpc) is 2.01. The molecule has 0 atom stereocenters. The number of nitrogens with two attached hydrogens (primary N) is 1. The second-order valence-electron chi connectivity index (χ2n) is 2.30. The first-order valence-corrected chi connectivity index (χ1v) is 3.26. The van der Waals surface area contributed by atoms with E-state index in [2.05, 4.69) is 9.97 Å². The van der Waals surface area contributed by atoms with Gasteiger partial charge in [0.2, 0.25) is 5.82 Å². The van der Waals surface area contributed by atoms with Crippen molar-refractivity contribution in [2.75, 3.05) is 5.73 Å². The topological polar surface area (TPSA) is 89.1 Å². The summed E-state index contributed by atoms with van der Waals surface area (Å²) in [5.41, 5.74) is 4.19. The quantitative estimate of drug-likeness (QED) is 0.710. The van der Waals surface area contributed by atoms with Gasteiger partial charge in [0.1, 0.15) is 5.82 Å². The van der Waals surface area contributed by atoms with Gasteiger partial charge in [-0.05, 0) is 0 Å². The number of hydrogen-bond acceptors (Lipinski definition) is 4. The largest absolute Gasteiger partial charge is 0.477 e. The number of carbonyl (C=O) groups is 1. The van der Waals surface area contributed by atoms with Gasteiger partial charge in [-0.1, -0.05) is 0 Å². The maximum absolute atomic E-state index is 12.0. The highest BCUT2D eigenvalue weighted by Crippen LogP contribution is 2.26. The third-order valence-corrected chi connectivity index (χ3v) is 1.22. The SMILES string of the molecule is Nc1cc(C(=O)O)nc(C(F)(F)F)n1. The number of anilines is 1. The molecule has 0 amide bonds. The smallest absolute Gasteiger partial charge is 0.451 e. The number of alkyl halides is 3. The number of aromatic nitrogens is 2. The van der Waals surface area contributed by atoms with Gasteiger partial charge in [0.25, 0.3) is 0 Å². The Hall–Kier alpha value is -1.86. The molecule has 3 N–H and O–H groups in total. The maximum atomic E-state index is 12.0. The molecule has 5 nitrogen and oxygen atoms in total. The number of hydrogen-bond donors (Lipinski definition) is 2. The summed E-state index contributed by atoms with van der Waals surface area (Å²) in [7, 11) is 0. The van der Waals surface area contributed by atoms with Crippen molar-refractivity contribution in [1.82, 2.24) is 9.97 Å². The molecule has 1 aromatic heterocycles. The van der Waals surface area contributed by atoms with Crippen LogP contribution >= 0.6 is 0 Å². The van der Waals surface area contributed by atoms with Crippen molar-refractivity contribution in [1.29, 1.82) is 0 Å². The van der Waals surface area contributed by atoms with Gasteiger partial charge in [-0.2, -0.15) is 13.2 Å². The number of rotatable bonds is 1. The van der Waals surface area contributed by atoms with Crippen LogP contribution in [-0.2, 0) is 6.18 Å². The fourth-order valence-electron chi connectivity index (χ4n) is 0.702. The fraction of sp³-hybridized carbons (Fsp3) is 0.167. The van der Waals surface area contributed by atoms with Gasteiger partial charge in [-0.15, -0.1) is 0 Å². The molecule has 0 radical (unpaired) electrons. The predicted octanol–water partition coefficient (Wildman–Crippen LogP) is 0.776. The third-order valence-electron chi connectivity index (χ3n) is 1.22. The summed E-state index contributed by atoms with van der Waals surface area (Å²) >= 11 is 0. The zero-order valence-electron chi connectivity index (χ0n) is 6.54. The first-order chi connectivity index (χ1) is 6.30. The van der Waals surface area contributed by atoms with Crippen LogP contribution in [0.25, 0.3) is 0 Å². The van der Waals surface area contributed by atoms with Gasteiger partial charge < -0.3 is 10.8 Å². The number of aromatic carboxylic acids is 1. The van der Waals surface area contributed by atoms with Crippen LogP contribution in [0.2, 0.25) is 0 Å². The lowest BCUT2D eigenvalue weighted by Gasteiger charge is -2.05. The standard InChI is InChI=1S/C6H4F3N3O2/c7-6(8,9)5-11-2(4(13)14)1-3(10)12-5/h1H,(H,13,14)(H2,10,11,12). The monoisotopic (exact) mass is 207 g/mol. The Labute approximate surface area is 75.4 Å². The van der Waals surface area contributed by atoms with E-state index in [1.165, 1.54) is 0 Å². The Morgan fingerprint density at radius 3 is 2.43 bits per heavy atom. The van der Waals surface area contributed by atoms with Gasteiger partial charge in [0.15, 0.2) is 5.69 Å². The molecule has 0 aromatic carbocycles. The Morgan fingerprint density at radius 1 is 1.43 bits per heavy atom. The molecule has 0 fully saturated rings. The first-order valence-electron chi connectivity index (χ1n) is 3.26. The zero-order valence-corrected chi connectivity index (χ0v) is 6.54. The van der Waals surface area contributed by atoms with Crippen molar-refractivity contribution < 1.29 is 23.1 Å². The molecule has 0 saturated heterocycles. The molecule has 0 unspecified atom stereocenters. The van der Waals surface area contributed by atoms with E-state index in [-0.39, 0.29) is 0 Å². The Kier molecular flexibility index (Phi) is 2.28. The van der Waals surface area contributed by atoms with E-state index >= 15 is 0 Å². The van der Waals surface area contributed by atoms with Crippen LogP contribution < -0.4 is 5.73 Å². The van der Waals surface area contributed by atoms with Crippen molar-refractivity contribution >= 4 is 11.8 Å². The molecule has 0 aliphatic carbocycles. The third kappa shape index (κ3) is 2.09. The molecule has 1 heterocycles. The molecule has 14 heavy (non-hydrogen) atoms. The summed E-state index contributed by atoms with van der Waals surface area (Å²) in [5, 5.41) is 8.39. The van der Waals surface area contributed by atoms with Crippen molar-refractivity contribution in [2.24, 2.45) is 0 Å². The minimum absolute atomic E-state index is 0.537. The van der Waals surface area contributed by atoms with Crippen LogP contribution in [0.15, 0.2) is 6.07 Å². The highest BCUT2D eigenvalue weighted by Gasteiger charge is 2.35. The predicted molar refractivity (Wildman–Crippen MR) is 38.4 cm³/mol. The Balaban J connectivity index is 3.28. The van der Waals surface area contributed by atoms with E-state index < -0.39 is 29.5 Å². The molecule has 8 heteroatoms. The second kappa shape index (κ2) is 3.13. The molecular weight excluding hydrogens is 203 g/mol. The lowest BCUT2D eigenvalue weighted by Crippen LogP contribution is -2.15. The average molecular weight is 207 g/mol. The van der Waals surface area contributed by atoms with Crippen LogP contribution in [0.1, 0.15) is 16.3 Å². The summed E-state index contributed by atoms with van der Waals surface area (Å²) < 4.78 is 36.1. The second-order valence-corrected chi connectivity index (χ2v) is 2.30. The van der Waals surface area contributed by atoms with Crippen molar-refractivity contribution in [2.45, 2.75) is 6.18 Å². The zero-order chi connectivity index (χ0) is 10.9. The van der Waals surface area contributed by atoms with E-state index in [1.54, 1.807) is 0 Å². The van der Waals surface area contributed by atoms with Gasteiger partial charge in [0, 0.05) is 6.07 Å². The molecule has 76 valence electrons. The number of carboxylic acid groups (broad SMARTS) is 1. The van der Waals surface area contributed by atoms with Crippen LogP contribution in [0.4, 0.5) is 19.0 Å². The van der Waals surface area contributed by atoms with Crippen LogP contribution in [-0.4, -0.2) is 21.0 Å². The van der Waals surface area contributed by atoms with Gasteiger partial charge in [0.05, 0.1) is 0 Å². The van der Waals surface area contributed by atoms with Crippen molar-refractivity contribution in [3.63, 3.8) is 0 Å². The van der Waals surface area contributed by atoms with Crippen molar-refractivity contribution in [3.8, 4) is 0 Å². The first kappa shape index (κ1) is 10.2. The highest BCUT2D eigenvalue weighted by atomic mass is 19.4. The summed E-state index contributed by atoms with van der Waals surface area (Å²) in [4.78, 5) is 16.0. The van der Waals surface area contributed by atoms with E-state index in [4.69, 9.17) is 10.8 Å². The molecule has 0 aliphatic rings. The lowest BCUT2D eigenvalue weighted by molar-refractivity contribution is -0.144. The van der Waals surface area contributed by atoms with Crippen LogP contribution in [0, 0.1) is 0 Å². The van der Waals surface area contributed by atoms with Crippen molar-refractivity contribution in [3.05, 3.63) is 17.6 Å². The summed E-state index contributed by atoms with van der Waals surface area (Å²) in [6.07, 6.45) is -4.81. The fourth-order valence-corrected chi connectivity index (χ4v) is 0.702. The van der Waals surface area contributed by atoms with Crippen LogP contribution in [0.5, 0.6) is 0 Å². The molecule has 1 aromatic rings. The molecule has 0 bridgehead atoms. The number of nitrogen functional groups attached to an aromatic ring is 1. The van der Waals surface area contributed by atoms with E-state index in [0.29, 0.717) is 0 Å². The lowest BCUT2D eigenvalue weighted by atomic mass is 10.4. The Bertz CT molecular complexity index is 377. The maximum Gasteiger partial charge on any atom is 0.451 e. The Morgan fingerprint density at radius 2 is 2.00 bits per heavy atom. The highest BCUT2D eigenvalue weighted by molar-refractivity contribution is 5.86. The summed E-state index contributed by atoms with van der Waals surface area (Å²) in [5.74, 6) is -3.69. The molecule has 1 rings (SSSR count). The molecule has 0 aliphatic heterocycles. The van der Waals surface area contributed by atoms with Gasteiger partial charge >= 0.3 is 12.1 Å². The van der Waals surface area contributed by atoms with E-state index in [1.807, 2.05) is 0 Å². The van der Waals surface area contributed by atoms with E-state index in [9.17, 15) is 18.0 Å². The van der Waals surface area contributed by atoms with Gasteiger partial charge in [-0.25, -0.2) is 14.8 Å². The molecular formula is C6H4F3N3O2.